The highest BCUT2D eigenvalue weighted by Crippen LogP contribution is 2.22. The maximum atomic E-state index is 12.2. The Balaban J connectivity index is 2.03. The Kier molecular flexibility index (Phi) is 4.01. The summed E-state index contributed by atoms with van der Waals surface area (Å²) >= 11 is 0. The van der Waals surface area contributed by atoms with Gasteiger partial charge in [-0.2, -0.15) is 5.10 Å². The molecule has 0 bridgehead atoms. The van der Waals surface area contributed by atoms with Crippen molar-refractivity contribution in [1.29, 1.82) is 0 Å². The van der Waals surface area contributed by atoms with E-state index in [9.17, 15) is 4.79 Å². The van der Waals surface area contributed by atoms with Gasteiger partial charge in [0.05, 0.1) is 17.9 Å². The first-order valence-corrected chi connectivity index (χ1v) is 6.72. The molecule has 100 valence electrons. The first-order valence-electron chi connectivity index (χ1n) is 6.72. The third kappa shape index (κ3) is 2.56. The summed E-state index contributed by atoms with van der Waals surface area (Å²) in [6, 6.07) is 0.304. The Morgan fingerprint density at radius 3 is 2.94 bits per heavy atom. The number of carbonyl (C=O) groups excluding carboxylic acids is 1. The fourth-order valence-corrected chi connectivity index (χ4v) is 2.19. The molecule has 1 aromatic rings. The van der Waals surface area contributed by atoms with Crippen molar-refractivity contribution in [2.45, 2.75) is 45.7 Å². The summed E-state index contributed by atoms with van der Waals surface area (Å²) in [4.78, 5) is 14.0. The number of nitrogens with one attached hydrogen (secondary N) is 1. The van der Waals surface area contributed by atoms with Gasteiger partial charge in [0, 0.05) is 18.8 Å². The van der Waals surface area contributed by atoms with Crippen LogP contribution in [0.15, 0.2) is 12.4 Å². The summed E-state index contributed by atoms with van der Waals surface area (Å²) in [5, 5.41) is 7.58. The van der Waals surface area contributed by atoms with Crippen LogP contribution < -0.4 is 10.2 Å². The normalized spacial score (nSPS) is 20.1. The first kappa shape index (κ1) is 13.1. The Labute approximate surface area is 108 Å². The van der Waals surface area contributed by atoms with Crippen LogP contribution in [0.5, 0.6) is 0 Å². The van der Waals surface area contributed by atoms with E-state index in [0.29, 0.717) is 6.04 Å². The van der Waals surface area contributed by atoms with E-state index in [1.165, 1.54) is 0 Å². The smallest absolute Gasteiger partial charge is 0.244 e. The van der Waals surface area contributed by atoms with Gasteiger partial charge in [-0.25, -0.2) is 0 Å². The maximum Gasteiger partial charge on any atom is 0.244 e. The summed E-state index contributed by atoms with van der Waals surface area (Å²) in [5.74, 6) is 0.173. The van der Waals surface area contributed by atoms with Gasteiger partial charge in [-0.3, -0.25) is 9.48 Å². The Hall–Kier alpha value is -1.36. The minimum Gasteiger partial charge on any atom is -0.308 e. The van der Waals surface area contributed by atoms with Gasteiger partial charge in [0.2, 0.25) is 5.91 Å². The van der Waals surface area contributed by atoms with Gasteiger partial charge < -0.3 is 10.2 Å². The van der Waals surface area contributed by atoms with E-state index in [-0.39, 0.29) is 11.9 Å². The molecule has 0 spiro atoms. The molecule has 1 fully saturated rings. The van der Waals surface area contributed by atoms with Gasteiger partial charge in [0.25, 0.3) is 0 Å². The first-order chi connectivity index (χ1) is 8.63. The van der Waals surface area contributed by atoms with Crippen molar-refractivity contribution in [3.05, 3.63) is 12.4 Å². The fourth-order valence-electron chi connectivity index (χ4n) is 2.19. The average Bonchev–Trinajstić information content (AvgIpc) is 2.93. The van der Waals surface area contributed by atoms with Gasteiger partial charge in [0.1, 0.15) is 0 Å². The molecule has 2 heterocycles. The molecule has 1 saturated heterocycles. The van der Waals surface area contributed by atoms with E-state index in [0.717, 1.165) is 31.6 Å². The predicted molar refractivity (Wildman–Crippen MR) is 71.7 cm³/mol. The zero-order valence-electron chi connectivity index (χ0n) is 11.4. The Morgan fingerprint density at radius 2 is 2.33 bits per heavy atom. The molecular weight excluding hydrogens is 228 g/mol. The molecule has 0 aromatic carbocycles. The quantitative estimate of drug-likeness (QED) is 0.863. The molecule has 1 amide bonds. The lowest BCUT2D eigenvalue weighted by Crippen LogP contribution is -2.38. The van der Waals surface area contributed by atoms with E-state index >= 15 is 0 Å². The number of amides is 1. The Morgan fingerprint density at radius 1 is 1.56 bits per heavy atom. The third-order valence-corrected chi connectivity index (χ3v) is 3.27. The van der Waals surface area contributed by atoms with Crippen LogP contribution in [0.3, 0.4) is 0 Å². The highest BCUT2D eigenvalue weighted by Gasteiger charge is 2.32. The molecule has 0 aliphatic carbocycles. The monoisotopic (exact) mass is 250 g/mol. The highest BCUT2D eigenvalue weighted by molar-refractivity contribution is 5.99. The van der Waals surface area contributed by atoms with Crippen LogP contribution in [0.4, 0.5) is 5.69 Å². The summed E-state index contributed by atoms with van der Waals surface area (Å²) in [7, 11) is 0. The van der Waals surface area contributed by atoms with E-state index in [2.05, 4.69) is 31.2 Å². The number of rotatable bonds is 5. The Bertz CT molecular complexity index is 413. The van der Waals surface area contributed by atoms with E-state index < -0.39 is 0 Å². The topological polar surface area (TPSA) is 50.2 Å². The van der Waals surface area contributed by atoms with Crippen molar-refractivity contribution < 1.29 is 4.79 Å². The van der Waals surface area contributed by atoms with Crippen molar-refractivity contribution in [1.82, 2.24) is 15.1 Å². The second kappa shape index (κ2) is 5.52. The lowest BCUT2D eigenvalue weighted by Gasteiger charge is -2.15. The van der Waals surface area contributed by atoms with Crippen molar-refractivity contribution >= 4 is 11.6 Å². The van der Waals surface area contributed by atoms with Gasteiger partial charge in [0.15, 0.2) is 0 Å². The minimum atomic E-state index is -0.0210. The van der Waals surface area contributed by atoms with E-state index in [4.69, 9.17) is 0 Å². The van der Waals surface area contributed by atoms with Crippen LogP contribution in [-0.2, 0) is 4.79 Å². The molecule has 5 nitrogen and oxygen atoms in total. The molecule has 2 rings (SSSR count). The predicted octanol–water partition coefficient (Wildman–Crippen LogP) is 1.57. The van der Waals surface area contributed by atoms with Gasteiger partial charge >= 0.3 is 0 Å². The summed E-state index contributed by atoms with van der Waals surface area (Å²) in [6.07, 6.45) is 5.66. The molecule has 0 saturated carbocycles. The number of anilines is 1. The van der Waals surface area contributed by atoms with Crippen molar-refractivity contribution in [2.75, 3.05) is 18.0 Å². The van der Waals surface area contributed by atoms with Crippen LogP contribution in [-0.4, -0.2) is 34.8 Å². The molecule has 18 heavy (non-hydrogen) atoms. The lowest BCUT2D eigenvalue weighted by molar-refractivity contribution is -0.118. The van der Waals surface area contributed by atoms with E-state index in [1.54, 1.807) is 6.20 Å². The third-order valence-electron chi connectivity index (χ3n) is 3.27. The molecule has 5 heteroatoms. The van der Waals surface area contributed by atoms with Crippen molar-refractivity contribution in [3.8, 4) is 0 Å². The lowest BCUT2D eigenvalue weighted by atomic mass is 10.2. The number of carbonyl (C=O) groups is 1. The van der Waals surface area contributed by atoms with Gasteiger partial charge in [-0.15, -0.1) is 0 Å². The van der Waals surface area contributed by atoms with Crippen molar-refractivity contribution in [2.24, 2.45) is 0 Å². The summed E-state index contributed by atoms with van der Waals surface area (Å²) in [6.45, 7) is 7.94. The average molecular weight is 250 g/mol. The molecule has 1 aliphatic heterocycles. The summed E-state index contributed by atoms with van der Waals surface area (Å²) < 4.78 is 1.88. The van der Waals surface area contributed by atoms with Crippen LogP contribution >= 0.6 is 0 Å². The number of hydrogen-bond donors (Lipinski definition) is 1. The molecular formula is C13H22N4O. The minimum absolute atomic E-state index is 0.0210. The van der Waals surface area contributed by atoms with Gasteiger partial charge in [-0.05, 0) is 33.2 Å². The SMILES string of the molecule is CCCNC1CCN(c2cnn(C(C)C)c2)C1=O. The van der Waals surface area contributed by atoms with Crippen LogP contribution in [0.1, 0.15) is 39.7 Å². The zero-order valence-corrected chi connectivity index (χ0v) is 11.4. The highest BCUT2D eigenvalue weighted by atomic mass is 16.2. The second-order valence-electron chi connectivity index (χ2n) is 5.06. The van der Waals surface area contributed by atoms with Gasteiger partial charge in [-0.1, -0.05) is 6.92 Å². The standard InChI is InChI=1S/C13H22N4O/c1-4-6-14-12-5-7-16(13(12)18)11-8-15-17(9-11)10(2)3/h8-10,12,14H,4-7H2,1-3H3. The molecule has 1 aromatic heterocycles. The van der Waals surface area contributed by atoms with Crippen LogP contribution in [0, 0.1) is 0 Å². The molecule has 1 aliphatic rings. The molecule has 1 N–H and O–H groups in total. The molecule has 1 unspecified atom stereocenters. The maximum absolute atomic E-state index is 12.2. The molecule has 0 radical (unpaired) electrons. The largest absolute Gasteiger partial charge is 0.308 e. The zero-order chi connectivity index (χ0) is 13.1. The summed E-state index contributed by atoms with van der Waals surface area (Å²) in [5.41, 5.74) is 0.912. The van der Waals surface area contributed by atoms with Crippen molar-refractivity contribution in [3.63, 3.8) is 0 Å². The number of nitrogens with zero attached hydrogens (tertiary/aromatic N) is 3. The fraction of sp³-hybridized carbons (Fsp3) is 0.692. The number of aromatic nitrogens is 2. The van der Waals surface area contributed by atoms with E-state index in [1.807, 2.05) is 15.8 Å². The second-order valence-corrected chi connectivity index (χ2v) is 5.06. The van der Waals surface area contributed by atoms with Crippen LogP contribution in [0.2, 0.25) is 0 Å². The van der Waals surface area contributed by atoms with Crippen LogP contribution in [0.25, 0.3) is 0 Å². The number of hydrogen-bond acceptors (Lipinski definition) is 3. The molecule has 1 atom stereocenters.